The highest BCUT2D eigenvalue weighted by atomic mass is 35.5. The first kappa shape index (κ1) is 27.4. The molecule has 38 heavy (non-hydrogen) atoms. The molecule has 9 heteroatoms. The summed E-state index contributed by atoms with van der Waals surface area (Å²) in [5.74, 6) is -1.11. The monoisotopic (exact) mass is 554 g/mol. The van der Waals surface area contributed by atoms with Gasteiger partial charge in [-0.05, 0) is 67.9 Å². The number of halogens is 2. The van der Waals surface area contributed by atoms with Crippen LogP contribution in [-0.4, -0.2) is 44.1 Å². The van der Waals surface area contributed by atoms with Crippen molar-refractivity contribution in [3.8, 4) is 11.5 Å². The number of carbonyl (C=O) groups excluding carboxylic acids is 2. The van der Waals surface area contributed by atoms with Crippen LogP contribution in [0.25, 0.3) is 5.76 Å². The normalized spacial score (nSPS) is 16.7. The van der Waals surface area contributed by atoms with Gasteiger partial charge in [-0.25, -0.2) is 0 Å². The zero-order chi connectivity index (χ0) is 27.7. The zero-order valence-electron chi connectivity index (χ0n) is 21.7. The van der Waals surface area contributed by atoms with Crippen molar-refractivity contribution < 1.29 is 24.2 Å². The Kier molecular flexibility index (Phi) is 7.90. The standard InChI is InChI=1S/C29H28Cl2N2O5/c1-16(2)38-21-12-10-20(11-13-21)33-25(17-6-8-19(9-7-17)32(3)4)24(27(35)29(33)36)26(34)18-14-22(30)28(37-5)23(31)15-18/h6-16,25,34H,1-5H3/b26-24+. The molecule has 0 aromatic heterocycles. The Labute approximate surface area is 231 Å². The molecule has 1 N–H and O–H groups in total. The van der Waals surface area contributed by atoms with Crippen molar-refractivity contribution in [3.05, 3.63) is 87.4 Å². The van der Waals surface area contributed by atoms with Crippen molar-refractivity contribution in [3.63, 3.8) is 0 Å². The molecule has 198 valence electrons. The lowest BCUT2D eigenvalue weighted by Crippen LogP contribution is -2.29. The van der Waals surface area contributed by atoms with Crippen LogP contribution in [0.2, 0.25) is 10.0 Å². The van der Waals surface area contributed by atoms with Crippen LogP contribution in [0, 0.1) is 0 Å². The second kappa shape index (κ2) is 11.0. The maximum atomic E-state index is 13.4. The van der Waals surface area contributed by atoms with Crippen molar-refractivity contribution in [1.29, 1.82) is 0 Å². The predicted molar refractivity (Wildman–Crippen MR) is 151 cm³/mol. The van der Waals surface area contributed by atoms with Crippen LogP contribution in [0.15, 0.2) is 66.2 Å². The van der Waals surface area contributed by atoms with Gasteiger partial charge in [0.15, 0.2) is 5.75 Å². The SMILES string of the molecule is COc1c(Cl)cc(/C(O)=C2\C(=O)C(=O)N(c3ccc(OC(C)C)cc3)C2c2ccc(N(C)C)cc2)cc1Cl. The molecule has 1 fully saturated rings. The van der Waals surface area contributed by atoms with Gasteiger partial charge in [-0.2, -0.15) is 0 Å². The fraction of sp³-hybridized carbons (Fsp3) is 0.241. The Morgan fingerprint density at radius 1 is 0.974 bits per heavy atom. The number of methoxy groups -OCH3 is 1. The summed E-state index contributed by atoms with van der Waals surface area (Å²) in [5, 5.41) is 11.7. The molecule has 1 aliphatic heterocycles. The van der Waals surface area contributed by atoms with E-state index in [0.29, 0.717) is 17.0 Å². The Morgan fingerprint density at radius 2 is 1.55 bits per heavy atom. The van der Waals surface area contributed by atoms with Crippen molar-refractivity contribution in [2.75, 3.05) is 31.0 Å². The molecule has 0 bridgehead atoms. The number of rotatable bonds is 7. The van der Waals surface area contributed by atoms with Crippen LogP contribution >= 0.6 is 23.2 Å². The van der Waals surface area contributed by atoms with Gasteiger partial charge in [-0.15, -0.1) is 0 Å². The Balaban J connectivity index is 1.89. The number of hydrogen-bond acceptors (Lipinski definition) is 6. The lowest BCUT2D eigenvalue weighted by molar-refractivity contribution is -0.132. The second-order valence-corrected chi connectivity index (χ2v) is 10.1. The van der Waals surface area contributed by atoms with Gasteiger partial charge in [0.2, 0.25) is 0 Å². The molecule has 7 nitrogen and oxygen atoms in total. The van der Waals surface area contributed by atoms with E-state index in [1.807, 2.05) is 57.1 Å². The van der Waals surface area contributed by atoms with Crippen molar-refractivity contribution in [2.45, 2.75) is 26.0 Å². The smallest absolute Gasteiger partial charge is 0.300 e. The number of ketones is 1. The average Bonchev–Trinajstić information content (AvgIpc) is 3.13. The molecule has 1 unspecified atom stereocenters. The molecule has 1 saturated heterocycles. The predicted octanol–water partition coefficient (Wildman–Crippen LogP) is 6.48. The first-order valence-electron chi connectivity index (χ1n) is 11.9. The van der Waals surface area contributed by atoms with Gasteiger partial charge in [0.1, 0.15) is 11.5 Å². The highest BCUT2D eigenvalue weighted by Gasteiger charge is 2.47. The molecular formula is C29H28Cl2N2O5. The van der Waals surface area contributed by atoms with E-state index < -0.39 is 23.5 Å². The summed E-state index contributed by atoms with van der Waals surface area (Å²) in [4.78, 5) is 30.2. The lowest BCUT2D eigenvalue weighted by atomic mass is 9.94. The number of Topliss-reactive ketones (excluding diaryl/α,β-unsaturated/α-hetero) is 1. The first-order chi connectivity index (χ1) is 18.0. The summed E-state index contributed by atoms with van der Waals surface area (Å²) >= 11 is 12.6. The summed E-state index contributed by atoms with van der Waals surface area (Å²) in [6.07, 6.45) is -0.0200. The Bertz CT molecular complexity index is 1380. The number of amides is 1. The minimum Gasteiger partial charge on any atom is -0.507 e. The van der Waals surface area contributed by atoms with Gasteiger partial charge < -0.3 is 19.5 Å². The molecule has 0 aliphatic carbocycles. The molecule has 3 aromatic carbocycles. The number of nitrogens with zero attached hydrogens (tertiary/aromatic N) is 2. The number of ether oxygens (including phenoxy) is 2. The maximum Gasteiger partial charge on any atom is 0.300 e. The third-order valence-corrected chi connectivity index (χ3v) is 6.69. The fourth-order valence-electron chi connectivity index (χ4n) is 4.37. The van der Waals surface area contributed by atoms with E-state index in [1.165, 1.54) is 24.1 Å². The van der Waals surface area contributed by atoms with Gasteiger partial charge >= 0.3 is 0 Å². The molecule has 0 saturated carbocycles. The number of anilines is 2. The van der Waals surface area contributed by atoms with Crippen LogP contribution < -0.4 is 19.3 Å². The number of carbonyl (C=O) groups is 2. The number of benzene rings is 3. The van der Waals surface area contributed by atoms with Crippen LogP contribution in [-0.2, 0) is 9.59 Å². The van der Waals surface area contributed by atoms with Crippen molar-refractivity contribution >= 4 is 52.0 Å². The van der Waals surface area contributed by atoms with E-state index in [9.17, 15) is 14.7 Å². The highest BCUT2D eigenvalue weighted by molar-refractivity contribution is 6.51. The van der Waals surface area contributed by atoms with Crippen molar-refractivity contribution in [1.82, 2.24) is 0 Å². The van der Waals surface area contributed by atoms with E-state index in [2.05, 4.69) is 0 Å². The van der Waals surface area contributed by atoms with Gasteiger partial charge in [-0.1, -0.05) is 35.3 Å². The van der Waals surface area contributed by atoms with Crippen molar-refractivity contribution in [2.24, 2.45) is 0 Å². The molecule has 3 aromatic rings. The summed E-state index contributed by atoms with van der Waals surface area (Å²) in [6.45, 7) is 3.84. The number of hydrogen-bond donors (Lipinski definition) is 1. The van der Waals surface area contributed by atoms with Gasteiger partial charge in [0.25, 0.3) is 11.7 Å². The first-order valence-corrected chi connectivity index (χ1v) is 12.7. The topological polar surface area (TPSA) is 79.3 Å². The minimum absolute atomic E-state index is 0.0200. The third-order valence-electron chi connectivity index (χ3n) is 6.13. The van der Waals surface area contributed by atoms with Crippen LogP contribution in [0.1, 0.15) is 31.0 Å². The Morgan fingerprint density at radius 3 is 2.05 bits per heavy atom. The molecule has 0 radical (unpaired) electrons. The van der Waals surface area contributed by atoms with Gasteiger partial charge in [0, 0.05) is 31.0 Å². The van der Waals surface area contributed by atoms with Gasteiger partial charge in [-0.3, -0.25) is 14.5 Å². The van der Waals surface area contributed by atoms with E-state index >= 15 is 0 Å². The maximum absolute atomic E-state index is 13.4. The highest BCUT2D eigenvalue weighted by Crippen LogP contribution is 2.44. The van der Waals surface area contributed by atoms with Crippen LogP contribution in [0.3, 0.4) is 0 Å². The lowest BCUT2D eigenvalue weighted by Gasteiger charge is -2.26. The molecule has 0 spiro atoms. The summed E-state index contributed by atoms with van der Waals surface area (Å²) in [6, 6.07) is 16.3. The molecule has 1 atom stereocenters. The summed E-state index contributed by atoms with van der Waals surface area (Å²) < 4.78 is 10.9. The van der Waals surface area contributed by atoms with Gasteiger partial charge in [0.05, 0.1) is 34.9 Å². The molecule has 4 rings (SSSR count). The van der Waals surface area contributed by atoms with Crippen LogP contribution in [0.4, 0.5) is 11.4 Å². The average molecular weight is 555 g/mol. The molecule has 1 heterocycles. The van der Waals surface area contributed by atoms with E-state index in [1.54, 1.807) is 24.3 Å². The largest absolute Gasteiger partial charge is 0.507 e. The summed E-state index contributed by atoms with van der Waals surface area (Å²) in [5.41, 5.74) is 2.18. The van der Waals surface area contributed by atoms with Crippen LogP contribution in [0.5, 0.6) is 11.5 Å². The van der Waals surface area contributed by atoms with E-state index in [-0.39, 0.29) is 33.0 Å². The zero-order valence-corrected chi connectivity index (χ0v) is 23.2. The molecule has 1 aliphatic rings. The number of aliphatic hydroxyl groups is 1. The number of aliphatic hydroxyl groups excluding tert-OH is 1. The quantitative estimate of drug-likeness (QED) is 0.204. The minimum atomic E-state index is -0.900. The second-order valence-electron chi connectivity index (χ2n) is 9.29. The Hall–Kier alpha value is -3.68. The summed E-state index contributed by atoms with van der Waals surface area (Å²) in [7, 11) is 5.26. The molecular weight excluding hydrogens is 527 g/mol. The third kappa shape index (κ3) is 5.17. The molecule has 1 amide bonds. The van der Waals surface area contributed by atoms with E-state index in [4.69, 9.17) is 32.7 Å². The van der Waals surface area contributed by atoms with E-state index in [0.717, 1.165) is 5.69 Å². The fourth-order valence-corrected chi connectivity index (χ4v) is 5.01.